The minimum atomic E-state index is -0.542. The topological polar surface area (TPSA) is 77.9 Å². The van der Waals surface area contributed by atoms with Crippen LogP contribution in [0.25, 0.3) is 0 Å². The maximum atomic E-state index is 11.4. The molecule has 2 atom stereocenters. The molecule has 2 aliphatic heterocycles. The van der Waals surface area contributed by atoms with Crippen molar-refractivity contribution in [2.24, 2.45) is 5.41 Å². The molecule has 2 unspecified atom stereocenters. The van der Waals surface area contributed by atoms with E-state index < -0.39 is 17.8 Å². The number of hydrogen-bond donors (Lipinski definition) is 2. The first-order chi connectivity index (χ1) is 21.5. The number of aliphatic hydroxyl groups excluding tert-OH is 2. The van der Waals surface area contributed by atoms with E-state index in [1.807, 2.05) is 13.8 Å². The zero-order chi connectivity index (χ0) is 37.1. The lowest BCUT2D eigenvalue weighted by Gasteiger charge is -2.62. The van der Waals surface area contributed by atoms with Gasteiger partial charge in [-0.05, 0) is 140 Å². The summed E-state index contributed by atoms with van der Waals surface area (Å²) in [6, 6.07) is 0.419. The number of ether oxygens (including phenoxy) is 2. The van der Waals surface area contributed by atoms with Crippen molar-refractivity contribution in [2.45, 2.75) is 220 Å². The molecule has 0 spiro atoms. The third-order valence-corrected chi connectivity index (χ3v) is 10.2. The van der Waals surface area contributed by atoms with E-state index in [-0.39, 0.29) is 39.2 Å². The minimum absolute atomic E-state index is 0.0262. The van der Waals surface area contributed by atoms with Crippen LogP contribution in [0.3, 0.4) is 0 Å². The largest absolute Gasteiger partial charge is 0.391 e. The molecule has 0 aromatic heterocycles. The van der Waals surface area contributed by atoms with Gasteiger partial charge in [-0.3, -0.25) is 14.6 Å². The van der Waals surface area contributed by atoms with Gasteiger partial charge >= 0.3 is 0 Å². The molecule has 2 saturated heterocycles. The van der Waals surface area contributed by atoms with Crippen LogP contribution < -0.4 is 0 Å². The summed E-state index contributed by atoms with van der Waals surface area (Å²) < 4.78 is 12.7. The van der Waals surface area contributed by atoms with Gasteiger partial charge in [-0.15, -0.1) is 0 Å². The van der Waals surface area contributed by atoms with Gasteiger partial charge in [-0.2, -0.15) is 5.06 Å². The Labute approximate surface area is 297 Å². The summed E-state index contributed by atoms with van der Waals surface area (Å²) in [4.78, 5) is 11.8. The lowest BCUT2D eigenvalue weighted by Crippen LogP contribution is -2.69. The van der Waals surface area contributed by atoms with E-state index in [2.05, 4.69) is 119 Å². The molecule has 2 rings (SSSR count). The van der Waals surface area contributed by atoms with Crippen LogP contribution in [0.4, 0.5) is 0 Å². The summed E-state index contributed by atoms with van der Waals surface area (Å²) >= 11 is 0. The highest BCUT2D eigenvalue weighted by Crippen LogP contribution is 2.45. The van der Waals surface area contributed by atoms with Crippen LogP contribution in [-0.2, 0) is 14.3 Å². The number of nitrogens with zero attached hydrogens (tertiary/aromatic N) is 3. The Morgan fingerprint density at radius 1 is 0.750 bits per heavy atom. The van der Waals surface area contributed by atoms with Crippen molar-refractivity contribution in [3.8, 4) is 0 Å². The first kappa shape index (κ1) is 43.8. The fourth-order valence-electron chi connectivity index (χ4n) is 9.64. The Morgan fingerprint density at radius 2 is 1.27 bits per heavy atom. The van der Waals surface area contributed by atoms with E-state index in [9.17, 15) is 10.2 Å². The molecule has 0 saturated carbocycles. The standard InChI is InChI=1S/C40H81N3O5/c1-18-19-20-41(30-21-36(8,9)42(35(5,6)7)37(10,11)22-30)26-32(45)27-46-33-24-38(12,13)43(39(14,15)25-33)48-29-40(16,17)47-28-31(44)23-34(2,3)4/h30-33,44-45H,18-29H2,1-17H3. The second kappa shape index (κ2) is 16.1. The van der Waals surface area contributed by atoms with E-state index in [0.717, 1.165) is 45.1 Å². The number of unbranched alkanes of at least 4 members (excludes halogenated alkanes) is 1. The molecule has 48 heavy (non-hydrogen) atoms. The van der Waals surface area contributed by atoms with Crippen molar-refractivity contribution in [2.75, 3.05) is 32.9 Å². The molecule has 0 amide bonds. The minimum Gasteiger partial charge on any atom is -0.391 e. The Morgan fingerprint density at radius 3 is 1.73 bits per heavy atom. The van der Waals surface area contributed by atoms with E-state index in [1.165, 1.54) is 0 Å². The molecule has 286 valence electrons. The van der Waals surface area contributed by atoms with Gasteiger partial charge in [0.2, 0.25) is 0 Å². The number of hydroxylamine groups is 2. The van der Waals surface area contributed by atoms with Crippen LogP contribution >= 0.6 is 0 Å². The maximum Gasteiger partial charge on any atom is 0.0970 e. The van der Waals surface area contributed by atoms with E-state index in [1.54, 1.807) is 0 Å². The Kier molecular flexibility index (Phi) is 14.7. The van der Waals surface area contributed by atoms with Crippen LogP contribution in [0.5, 0.6) is 0 Å². The van der Waals surface area contributed by atoms with Crippen molar-refractivity contribution in [3.63, 3.8) is 0 Å². The normalized spacial score (nSPS) is 24.2. The average Bonchev–Trinajstić information content (AvgIpc) is 2.83. The van der Waals surface area contributed by atoms with Crippen molar-refractivity contribution in [3.05, 3.63) is 0 Å². The summed E-state index contributed by atoms with van der Waals surface area (Å²) in [7, 11) is 0. The van der Waals surface area contributed by atoms with Crippen LogP contribution in [0.2, 0.25) is 0 Å². The summed E-state index contributed by atoms with van der Waals surface area (Å²) in [6.07, 6.45) is 5.74. The third kappa shape index (κ3) is 13.0. The average molecular weight is 684 g/mol. The second-order valence-electron chi connectivity index (χ2n) is 20.7. The third-order valence-electron chi connectivity index (χ3n) is 10.2. The van der Waals surface area contributed by atoms with Gasteiger partial charge in [-0.1, -0.05) is 34.1 Å². The van der Waals surface area contributed by atoms with Crippen molar-refractivity contribution in [1.82, 2.24) is 14.9 Å². The van der Waals surface area contributed by atoms with E-state index in [0.29, 0.717) is 38.8 Å². The van der Waals surface area contributed by atoms with Crippen molar-refractivity contribution >= 4 is 0 Å². The fraction of sp³-hybridized carbons (Fsp3) is 1.00. The van der Waals surface area contributed by atoms with Gasteiger partial charge in [0.05, 0.1) is 43.7 Å². The summed E-state index contributed by atoms with van der Waals surface area (Å²) in [5, 5.41) is 24.0. The number of aliphatic hydroxyl groups is 2. The molecular formula is C40H81N3O5. The van der Waals surface area contributed by atoms with Crippen LogP contribution in [0, 0.1) is 5.41 Å². The second-order valence-corrected chi connectivity index (χ2v) is 20.7. The van der Waals surface area contributed by atoms with Gasteiger partial charge < -0.3 is 19.7 Å². The molecule has 0 aliphatic carbocycles. The lowest BCUT2D eigenvalue weighted by atomic mass is 9.73. The predicted molar refractivity (Wildman–Crippen MR) is 200 cm³/mol. The molecule has 8 nitrogen and oxygen atoms in total. The van der Waals surface area contributed by atoms with Crippen LogP contribution in [-0.4, -0.2) is 116 Å². The van der Waals surface area contributed by atoms with E-state index in [4.69, 9.17) is 14.3 Å². The highest BCUT2D eigenvalue weighted by atomic mass is 16.7. The Bertz CT molecular complexity index is 944. The first-order valence-corrected chi connectivity index (χ1v) is 19.1. The van der Waals surface area contributed by atoms with Crippen molar-refractivity contribution in [1.29, 1.82) is 0 Å². The highest BCUT2D eigenvalue weighted by Gasteiger charge is 2.51. The van der Waals surface area contributed by atoms with Gasteiger partial charge in [-0.25, -0.2) is 0 Å². The van der Waals surface area contributed by atoms with Gasteiger partial charge in [0, 0.05) is 40.3 Å². The quantitative estimate of drug-likeness (QED) is 0.171. The maximum absolute atomic E-state index is 11.4. The molecule has 0 bridgehead atoms. The summed E-state index contributed by atoms with van der Waals surface area (Å²) in [5.41, 5.74) is -0.847. The summed E-state index contributed by atoms with van der Waals surface area (Å²) in [6.45, 7) is 40.8. The highest BCUT2D eigenvalue weighted by molar-refractivity contribution is 5.07. The fourth-order valence-corrected chi connectivity index (χ4v) is 9.64. The van der Waals surface area contributed by atoms with Gasteiger partial charge in [0.15, 0.2) is 0 Å². The van der Waals surface area contributed by atoms with Gasteiger partial charge in [0.25, 0.3) is 0 Å². The molecule has 0 aromatic rings. The monoisotopic (exact) mass is 684 g/mol. The molecule has 0 radical (unpaired) electrons. The molecule has 2 fully saturated rings. The van der Waals surface area contributed by atoms with Crippen molar-refractivity contribution < 1.29 is 24.5 Å². The van der Waals surface area contributed by atoms with E-state index >= 15 is 0 Å². The zero-order valence-corrected chi connectivity index (χ0v) is 34.8. The number of rotatable bonds is 16. The Hall–Kier alpha value is -0.320. The van der Waals surface area contributed by atoms with Crippen LogP contribution in [0.1, 0.15) is 163 Å². The predicted octanol–water partition coefficient (Wildman–Crippen LogP) is 7.83. The smallest absolute Gasteiger partial charge is 0.0970 e. The Balaban J connectivity index is 2.01. The number of piperidine rings is 2. The molecule has 2 heterocycles. The molecule has 8 heteroatoms. The SMILES string of the molecule is CCCCN(CC(O)COC1CC(C)(C)N(OCC(C)(C)OCC(O)CC(C)(C)C)C(C)(C)C1)C1CC(C)(C)N(C(C)(C)C)C(C)(C)C1. The molecular weight excluding hydrogens is 602 g/mol. The molecule has 2 aliphatic rings. The number of hydrogen-bond acceptors (Lipinski definition) is 8. The number of likely N-dealkylation sites (tertiary alicyclic amines) is 1. The zero-order valence-electron chi connectivity index (χ0n) is 34.8. The first-order valence-electron chi connectivity index (χ1n) is 19.1. The molecule has 0 aromatic carbocycles. The van der Waals surface area contributed by atoms with Gasteiger partial charge in [0.1, 0.15) is 0 Å². The lowest BCUT2D eigenvalue weighted by molar-refractivity contribution is -0.312. The van der Waals surface area contributed by atoms with Crippen LogP contribution in [0.15, 0.2) is 0 Å². The summed E-state index contributed by atoms with van der Waals surface area (Å²) in [5.74, 6) is 0. The molecule has 2 N–H and O–H groups in total.